The fourth-order valence-corrected chi connectivity index (χ4v) is 1.93. The molecule has 0 N–H and O–H groups in total. The number of thiol groups is 1. The summed E-state index contributed by atoms with van der Waals surface area (Å²) in [5, 5.41) is 0. The van der Waals surface area contributed by atoms with E-state index in [9.17, 15) is 0 Å². The summed E-state index contributed by atoms with van der Waals surface area (Å²) < 4.78 is 0. The highest BCUT2D eigenvalue weighted by atomic mass is 32.1. The number of rotatable bonds is 1. The van der Waals surface area contributed by atoms with Crippen molar-refractivity contribution in [2.45, 2.75) is 39.5 Å². The quantitative estimate of drug-likeness (QED) is 0.567. The largest absolute Gasteiger partial charge is 0.148 e. The van der Waals surface area contributed by atoms with Gasteiger partial charge in [0.25, 0.3) is 0 Å². The molecule has 11 heavy (non-hydrogen) atoms. The van der Waals surface area contributed by atoms with E-state index >= 15 is 0 Å². The Balaban J connectivity index is 2.82. The van der Waals surface area contributed by atoms with Gasteiger partial charge in [0.2, 0.25) is 0 Å². The fourth-order valence-electron chi connectivity index (χ4n) is 1.49. The Morgan fingerprint density at radius 2 is 2.00 bits per heavy atom. The molecule has 1 heteroatoms. The highest BCUT2D eigenvalue weighted by Gasteiger charge is 2.09. The molecule has 0 radical (unpaired) electrons. The Labute approximate surface area is 74.8 Å². The first kappa shape index (κ1) is 8.92. The predicted molar refractivity (Wildman–Crippen MR) is 53.9 cm³/mol. The van der Waals surface area contributed by atoms with Crippen LogP contribution in [0.3, 0.4) is 0 Å². The van der Waals surface area contributed by atoms with Gasteiger partial charge in [-0.1, -0.05) is 11.6 Å². The third kappa shape index (κ3) is 2.13. The molecule has 62 valence electrons. The fraction of sp³-hybridized carbons (Fsp3) is 0.600. The lowest BCUT2D eigenvalue weighted by molar-refractivity contribution is 0.699. The number of hydrogen-bond donors (Lipinski definition) is 1. The van der Waals surface area contributed by atoms with Gasteiger partial charge in [0.05, 0.1) is 0 Å². The number of allylic oxidation sites excluding steroid dienone is 4. The van der Waals surface area contributed by atoms with Crippen molar-refractivity contribution in [2.75, 3.05) is 0 Å². The zero-order valence-electron chi connectivity index (χ0n) is 7.35. The Hall–Kier alpha value is -0.170. The van der Waals surface area contributed by atoms with Crippen molar-refractivity contribution in [3.05, 3.63) is 22.1 Å². The summed E-state index contributed by atoms with van der Waals surface area (Å²) in [7, 11) is 0. The van der Waals surface area contributed by atoms with E-state index in [-0.39, 0.29) is 0 Å². The predicted octanol–water partition coefficient (Wildman–Crippen LogP) is 3.71. The van der Waals surface area contributed by atoms with Crippen LogP contribution >= 0.6 is 12.6 Å². The topological polar surface area (TPSA) is 0 Å². The Kier molecular flexibility index (Phi) is 3.25. The van der Waals surface area contributed by atoms with E-state index in [2.05, 4.69) is 32.6 Å². The molecule has 0 spiro atoms. The molecule has 1 rings (SSSR count). The first-order valence-electron chi connectivity index (χ1n) is 4.30. The molecule has 1 aliphatic carbocycles. The van der Waals surface area contributed by atoms with Crippen molar-refractivity contribution in [1.82, 2.24) is 0 Å². The van der Waals surface area contributed by atoms with Crippen LogP contribution in [0, 0.1) is 0 Å². The van der Waals surface area contributed by atoms with Crippen molar-refractivity contribution < 1.29 is 0 Å². The Morgan fingerprint density at radius 3 is 2.55 bits per heavy atom. The van der Waals surface area contributed by atoms with Crippen molar-refractivity contribution in [3.63, 3.8) is 0 Å². The minimum Gasteiger partial charge on any atom is -0.148 e. The zero-order valence-corrected chi connectivity index (χ0v) is 8.25. The van der Waals surface area contributed by atoms with Crippen LogP contribution in [-0.4, -0.2) is 0 Å². The normalized spacial score (nSPS) is 20.8. The molecule has 0 aromatic heterocycles. The van der Waals surface area contributed by atoms with Gasteiger partial charge in [-0.2, -0.15) is 0 Å². The second kappa shape index (κ2) is 4.01. The van der Waals surface area contributed by atoms with E-state index in [0.717, 1.165) is 0 Å². The molecular weight excluding hydrogens is 152 g/mol. The maximum atomic E-state index is 4.49. The summed E-state index contributed by atoms with van der Waals surface area (Å²) in [6.45, 7) is 4.27. The maximum Gasteiger partial charge on any atom is -0.0150 e. The van der Waals surface area contributed by atoms with E-state index in [1.165, 1.54) is 41.7 Å². The van der Waals surface area contributed by atoms with E-state index in [1.807, 2.05) is 0 Å². The van der Waals surface area contributed by atoms with Crippen molar-refractivity contribution in [1.29, 1.82) is 0 Å². The summed E-state index contributed by atoms with van der Waals surface area (Å²) in [5.41, 5.74) is 2.90. The smallest absolute Gasteiger partial charge is 0.0150 e. The molecule has 0 bridgehead atoms. The minimum atomic E-state index is 1.18. The lowest BCUT2D eigenvalue weighted by Gasteiger charge is -2.17. The minimum absolute atomic E-state index is 1.18. The van der Waals surface area contributed by atoms with Crippen LogP contribution < -0.4 is 0 Å². The molecule has 0 nitrogen and oxygen atoms in total. The monoisotopic (exact) mass is 168 g/mol. The summed E-state index contributed by atoms with van der Waals surface area (Å²) in [6, 6.07) is 0. The third-order valence-electron chi connectivity index (χ3n) is 2.35. The van der Waals surface area contributed by atoms with Gasteiger partial charge in [0, 0.05) is 0 Å². The Morgan fingerprint density at radius 1 is 1.36 bits per heavy atom. The highest BCUT2D eigenvalue weighted by molar-refractivity contribution is 7.84. The molecule has 0 saturated carbocycles. The molecule has 0 aliphatic heterocycles. The van der Waals surface area contributed by atoms with E-state index in [0.29, 0.717) is 0 Å². The van der Waals surface area contributed by atoms with Crippen LogP contribution in [0.5, 0.6) is 0 Å². The van der Waals surface area contributed by atoms with Crippen molar-refractivity contribution in [2.24, 2.45) is 0 Å². The summed E-state index contributed by atoms with van der Waals surface area (Å²) in [6.07, 6.45) is 7.25. The molecule has 0 atom stereocenters. The van der Waals surface area contributed by atoms with Gasteiger partial charge in [-0.25, -0.2) is 0 Å². The first-order valence-corrected chi connectivity index (χ1v) is 4.74. The maximum absolute atomic E-state index is 4.49. The van der Waals surface area contributed by atoms with Crippen molar-refractivity contribution in [3.8, 4) is 0 Å². The van der Waals surface area contributed by atoms with Crippen molar-refractivity contribution >= 4 is 12.6 Å². The van der Waals surface area contributed by atoms with Gasteiger partial charge in [0.15, 0.2) is 0 Å². The highest BCUT2D eigenvalue weighted by Crippen LogP contribution is 2.31. The van der Waals surface area contributed by atoms with Gasteiger partial charge >= 0.3 is 0 Å². The Bertz CT molecular complexity index is 199. The van der Waals surface area contributed by atoms with Crippen LogP contribution in [0.4, 0.5) is 0 Å². The SMILES string of the molecule is C/C=C(/C)C1=C(S)CCCC1. The van der Waals surface area contributed by atoms with E-state index in [1.54, 1.807) is 0 Å². The van der Waals surface area contributed by atoms with Gasteiger partial charge in [0.1, 0.15) is 0 Å². The zero-order chi connectivity index (χ0) is 8.27. The van der Waals surface area contributed by atoms with Gasteiger partial charge in [-0.05, 0) is 50.0 Å². The van der Waals surface area contributed by atoms with E-state index < -0.39 is 0 Å². The molecule has 0 heterocycles. The summed E-state index contributed by atoms with van der Waals surface area (Å²) in [5.74, 6) is 0. The molecule has 0 aromatic carbocycles. The van der Waals surface area contributed by atoms with Crippen LogP contribution in [0.25, 0.3) is 0 Å². The molecule has 0 fully saturated rings. The molecular formula is C10H16S. The number of hydrogen-bond acceptors (Lipinski definition) is 1. The molecule has 1 aliphatic rings. The average molecular weight is 168 g/mol. The van der Waals surface area contributed by atoms with Crippen LogP contribution in [0.15, 0.2) is 22.1 Å². The van der Waals surface area contributed by atoms with Crippen LogP contribution in [0.1, 0.15) is 39.5 Å². The second-order valence-corrected chi connectivity index (χ2v) is 3.64. The summed E-state index contributed by atoms with van der Waals surface area (Å²) >= 11 is 4.49. The van der Waals surface area contributed by atoms with Crippen LogP contribution in [-0.2, 0) is 0 Å². The van der Waals surface area contributed by atoms with E-state index in [4.69, 9.17) is 0 Å². The second-order valence-electron chi connectivity index (χ2n) is 3.10. The third-order valence-corrected chi connectivity index (χ3v) is 2.84. The summed E-state index contributed by atoms with van der Waals surface area (Å²) in [4.78, 5) is 1.31. The molecule has 0 aromatic rings. The average Bonchev–Trinajstić information content (AvgIpc) is 2.04. The van der Waals surface area contributed by atoms with Crippen LogP contribution in [0.2, 0.25) is 0 Å². The van der Waals surface area contributed by atoms with Gasteiger partial charge in [-0.15, -0.1) is 12.6 Å². The first-order chi connectivity index (χ1) is 5.25. The lowest BCUT2D eigenvalue weighted by Crippen LogP contribution is -1.96. The van der Waals surface area contributed by atoms with Gasteiger partial charge < -0.3 is 0 Å². The standard InChI is InChI=1S/C10H16S/c1-3-8(2)9-6-4-5-7-10(9)11/h3,11H,4-7H2,1-2H3/b8-3-. The molecule has 0 amide bonds. The van der Waals surface area contributed by atoms with Gasteiger partial charge in [-0.3, -0.25) is 0 Å². The lowest BCUT2D eigenvalue weighted by atomic mass is 9.94. The molecule has 0 saturated heterocycles. The molecule has 0 unspecified atom stereocenters.